The van der Waals surface area contributed by atoms with Crippen LogP contribution in [0.3, 0.4) is 0 Å². The first-order valence-electron chi connectivity index (χ1n) is 6.26. The zero-order valence-corrected chi connectivity index (χ0v) is 11.1. The Hall–Kier alpha value is -1.00. The van der Waals surface area contributed by atoms with Gasteiger partial charge in [-0.3, -0.25) is 0 Å². The highest BCUT2D eigenvalue weighted by atomic mass is 19.1. The lowest BCUT2D eigenvalue weighted by Gasteiger charge is -2.33. The molecule has 0 aromatic heterocycles. The third-order valence-corrected chi connectivity index (χ3v) is 3.77. The van der Waals surface area contributed by atoms with Gasteiger partial charge in [0.15, 0.2) is 0 Å². The highest BCUT2D eigenvalue weighted by Gasteiger charge is 2.51. The van der Waals surface area contributed by atoms with Crippen LogP contribution in [-0.2, 0) is 0 Å². The SMILES string of the molecule is CNCC1(C(c2cc(F)ccc2F)N(C)C)CC1. The number of nitrogens with zero attached hydrogens (tertiary/aromatic N) is 1. The van der Waals surface area contributed by atoms with Crippen LogP contribution in [0.1, 0.15) is 24.4 Å². The average molecular weight is 254 g/mol. The molecule has 2 rings (SSSR count). The summed E-state index contributed by atoms with van der Waals surface area (Å²) in [4.78, 5) is 1.99. The number of halogens is 2. The molecule has 0 bridgehead atoms. The summed E-state index contributed by atoms with van der Waals surface area (Å²) in [6.07, 6.45) is 2.10. The van der Waals surface area contributed by atoms with Crippen LogP contribution < -0.4 is 5.32 Å². The van der Waals surface area contributed by atoms with E-state index in [1.54, 1.807) is 0 Å². The fourth-order valence-corrected chi connectivity index (χ4v) is 2.94. The molecular formula is C14H20F2N2. The van der Waals surface area contributed by atoms with E-state index in [4.69, 9.17) is 0 Å². The average Bonchev–Trinajstić information content (AvgIpc) is 3.04. The van der Waals surface area contributed by atoms with Crippen LogP contribution in [0.2, 0.25) is 0 Å². The Morgan fingerprint density at radius 3 is 2.50 bits per heavy atom. The normalized spacial score (nSPS) is 19.0. The molecule has 1 aromatic rings. The Morgan fingerprint density at radius 2 is 2.00 bits per heavy atom. The molecule has 1 aromatic carbocycles. The second-order valence-electron chi connectivity index (χ2n) is 5.42. The molecule has 0 amide bonds. The molecule has 18 heavy (non-hydrogen) atoms. The molecule has 4 heteroatoms. The molecule has 1 fully saturated rings. The minimum absolute atomic E-state index is 0.0346. The first-order valence-corrected chi connectivity index (χ1v) is 6.26. The maximum atomic E-state index is 14.0. The molecule has 100 valence electrons. The fraction of sp³-hybridized carbons (Fsp3) is 0.571. The topological polar surface area (TPSA) is 15.3 Å². The summed E-state index contributed by atoms with van der Waals surface area (Å²) in [6.45, 7) is 0.825. The third-order valence-electron chi connectivity index (χ3n) is 3.77. The second-order valence-corrected chi connectivity index (χ2v) is 5.42. The van der Waals surface area contributed by atoms with E-state index in [1.807, 2.05) is 26.0 Å². The van der Waals surface area contributed by atoms with E-state index >= 15 is 0 Å². The van der Waals surface area contributed by atoms with Crippen LogP contribution in [0.5, 0.6) is 0 Å². The van der Waals surface area contributed by atoms with E-state index in [2.05, 4.69) is 5.32 Å². The number of nitrogens with one attached hydrogen (secondary N) is 1. The summed E-state index contributed by atoms with van der Waals surface area (Å²) in [6, 6.07) is 3.64. The van der Waals surface area contributed by atoms with Gasteiger partial charge in [0.2, 0.25) is 0 Å². The van der Waals surface area contributed by atoms with Gasteiger partial charge >= 0.3 is 0 Å². The molecule has 1 unspecified atom stereocenters. The third kappa shape index (κ3) is 2.40. The lowest BCUT2D eigenvalue weighted by atomic mass is 9.88. The van der Waals surface area contributed by atoms with Crippen molar-refractivity contribution in [2.24, 2.45) is 5.41 Å². The Balaban J connectivity index is 2.39. The number of hydrogen-bond donors (Lipinski definition) is 1. The molecule has 1 aliphatic rings. The molecule has 1 N–H and O–H groups in total. The molecule has 1 atom stereocenters. The van der Waals surface area contributed by atoms with Crippen molar-refractivity contribution in [1.29, 1.82) is 0 Å². The maximum absolute atomic E-state index is 14.0. The second kappa shape index (κ2) is 4.94. The van der Waals surface area contributed by atoms with Crippen molar-refractivity contribution in [3.8, 4) is 0 Å². The van der Waals surface area contributed by atoms with Crippen LogP contribution in [0.15, 0.2) is 18.2 Å². The zero-order chi connectivity index (χ0) is 13.3. The van der Waals surface area contributed by atoms with E-state index < -0.39 is 0 Å². The highest BCUT2D eigenvalue weighted by Crippen LogP contribution is 2.56. The minimum Gasteiger partial charge on any atom is -0.319 e. The molecule has 1 saturated carbocycles. The molecule has 1 aliphatic carbocycles. The monoisotopic (exact) mass is 254 g/mol. The summed E-state index contributed by atoms with van der Waals surface area (Å²) >= 11 is 0. The van der Waals surface area contributed by atoms with Crippen LogP contribution in [-0.4, -0.2) is 32.6 Å². The molecule has 2 nitrogen and oxygen atoms in total. The number of rotatable bonds is 5. The van der Waals surface area contributed by atoms with Gasteiger partial charge in [-0.25, -0.2) is 8.78 Å². The van der Waals surface area contributed by atoms with Gasteiger partial charge in [-0.2, -0.15) is 0 Å². The van der Waals surface area contributed by atoms with Gasteiger partial charge in [0, 0.05) is 23.6 Å². The Labute approximate surface area is 107 Å². The van der Waals surface area contributed by atoms with Gasteiger partial charge in [0.25, 0.3) is 0 Å². The quantitative estimate of drug-likeness (QED) is 0.868. The smallest absolute Gasteiger partial charge is 0.128 e. The largest absolute Gasteiger partial charge is 0.319 e. The fourth-order valence-electron chi connectivity index (χ4n) is 2.94. The van der Waals surface area contributed by atoms with Gasteiger partial charge in [-0.1, -0.05) is 0 Å². The first-order chi connectivity index (χ1) is 8.50. The predicted octanol–water partition coefficient (Wildman–Crippen LogP) is 2.57. The zero-order valence-electron chi connectivity index (χ0n) is 11.1. The van der Waals surface area contributed by atoms with E-state index in [1.165, 1.54) is 18.2 Å². The lowest BCUT2D eigenvalue weighted by Crippen LogP contribution is -2.35. The molecule has 0 aliphatic heterocycles. The predicted molar refractivity (Wildman–Crippen MR) is 68.4 cm³/mol. The van der Waals surface area contributed by atoms with E-state index in [-0.39, 0.29) is 23.1 Å². The Bertz CT molecular complexity index is 428. The molecule has 0 heterocycles. The van der Waals surface area contributed by atoms with Gasteiger partial charge in [-0.15, -0.1) is 0 Å². The standard InChI is InChI=1S/C14H20F2N2/c1-17-9-14(6-7-14)13(18(2)3)11-8-10(15)4-5-12(11)16/h4-5,8,13,17H,6-7,9H2,1-3H3. The number of benzene rings is 1. The van der Waals surface area contributed by atoms with E-state index in [9.17, 15) is 8.78 Å². The Morgan fingerprint density at radius 1 is 1.33 bits per heavy atom. The summed E-state index contributed by atoms with van der Waals surface area (Å²) < 4.78 is 27.3. The van der Waals surface area contributed by atoms with E-state index in [0.717, 1.165) is 19.4 Å². The van der Waals surface area contributed by atoms with Crippen molar-refractivity contribution < 1.29 is 8.78 Å². The van der Waals surface area contributed by atoms with Gasteiger partial charge in [0.05, 0.1) is 0 Å². The number of hydrogen-bond acceptors (Lipinski definition) is 2. The van der Waals surface area contributed by atoms with Crippen molar-refractivity contribution in [3.05, 3.63) is 35.4 Å². The molecular weight excluding hydrogens is 234 g/mol. The van der Waals surface area contributed by atoms with Crippen LogP contribution in [0.25, 0.3) is 0 Å². The lowest BCUT2D eigenvalue weighted by molar-refractivity contribution is 0.186. The van der Waals surface area contributed by atoms with Crippen molar-refractivity contribution >= 4 is 0 Å². The summed E-state index contributed by atoms with van der Waals surface area (Å²) in [7, 11) is 5.74. The van der Waals surface area contributed by atoms with Gasteiger partial charge < -0.3 is 10.2 Å². The van der Waals surface area contributed by atoms with E-state index in [0.29, 0.717) is 5.56 Å². The maximum Gasteiger partial charge on any atom is 0.128 e. The van der Waals surface area contributed by atoms with Crippen LogP contribution >= 0.6 is 0 Å². The van der Waals surface area contributed by atoms with Gasteiger partial charge in [0.1, 0.15) is 11.6 Å². The summed E-state index contributed by atoms with van der Waals surface area (Å²) in [5.74, 6) is -0.698. The van der Waals surface area contributed by atoms with Crippen molar-refractivity contribution in [2.75, 3.05) is 27.7 Å². The van der Waals surface area contributed by atoms with Crippen molar-refractivity contribution in [3.63, 3.8) is 0 Å². The molecule has 0 spiro atoms. The molecule has 0 radical (unpaired) electrons. The molecule has 0 saturated heterocycles. The summed E-state index contributed by atoms with van der Waals surface area (Å²) in [5.41, 5.74) is 0.500. The van der Waals surface area contributed by atoms with Crippen molar-refractivity contribution in [1.82, 2.24) is 10.2 Å². The van der Waals surface area contributed by atoms with Crippen LogP contribution in [0.4, 0.5) is 8.78 Å². The highest BCUT2D eigenvalue weighted by molar-refractivity contribution is 5.27. The Kier molecular flexibility index (Phi) is 3.69. The van der Waals surface area contributed by atoms with Crippen LogP contribution in [0, 0.1) is 17.0 Å². The summed E-state index contributed by atoms with van der Waals surface area (Å²) in [5, 5.41) is 3.17. The van der Waals surface area contributed by atoms with Gasteiger partial charge in [-0.05, 0) is 52.2 Å². The first kappa shape index (κ1) is 13.4. The van der Waals surface area contributed by atoms with Crippen molar-refractivity contribution in [2.45, 2.75) is 18.9 Å². The minimum atomic E-state index is -0.376.